The fourth-order valence-corrected chi connectivity index (χ4v) is 3.17. The van der Waals surface area contributed by atoms with Crippen LogP contribution in [0, 0.1) is 0 Å². The lowest BCUT2D eigenvalue weighted by atomic mass is 9.90. The van der Waals surface area contributed by atoms with E-state index in [2.05, 4.69) is 5.32 Å². The van der Waals surface area contributed by atoms with Gasteiger partial charge in [-0.3, -0.25) is 0 Å². The molecule has 110 valence electrons. The first kappa shape index (κ1) is 14.0. The third kappa shape index (κ3) is 2.87. The highest BCUT2D eigenvalue weighted by Gasteiger charge is 2.40. The Morgan fingerprint density at radius 3 is 2.60 bits per heavy atom. The number of anilines is 1. The van der Waals surface area contributed by atoms with E-state index in [0.717, 1.165) is 44.6 Å². The van der Waals surface area contributed by atoms with Gasteiger partial charge < -0.3 is 19.5 Å². The summed E-state index contributed by atoms with van der Waals surface area (Å²) >= 11 is 6.04. The van der Waals surface area contributed by atoms with E-state index in [4.69, 9.17) is 25.8 Å². The summed E-state index contributed by atoms with van der Waals surface area (Å²) in [5.41, 5.74) is 1.04. The maximum absolute atomic E-state index is 6.04. The van der Waals surface area contributed by atoms with Crippen molar-refractivity contribution in [3.63, 3.8) is 0 Å². The van der Waals surface area contributed by atoms with E-state index in [-0.39, 0.29) is 5.79 Å². The average Bonchev–Trinajstić information content (AvgIpc) is 2.92. The van der Waals surface area contributed by atoms with Crippen molar-refractivity contribution in [2.75, 3.05) is 25.6 Å². The number of methoxy groups -OCH3 is 1. The van der Waals surface area contributed by atoms with Gasteiger partial charge >= 0.3 is 0 Å². The highest BCUT2D eigenvalue weighted by molar-refractivity contribution is 6.32. The van der Waals surface area contributed by atoms with Crippen molar-refractivity contribution in [2.45, 2.75) is 37.5 Å². The summed E-state index contributed by atoms with van der Waals surface area (Å²) in [5.74, 6) is 0.405. The van der Waals surface area contributed by atoms with Gasteiger partial charge in [0.15, 0.2) is 5.79 Å². The number of nitrogens with one attached hydrogen (secondary N) is 1. The molecule has 3 rings (SSSR count). The second-order valence-electron chi connectivity index (χ2n) is 5.38. The Bertz CT molecular complexity index is 464. The summed E-state index contributed by atoms with van der Waals surface area (Å²) in [4.78, 5) is 0. The molecule has 1 N–H and O–H groups in total. The van der Waals surface area contributed by atoms with E-state index in [1.165, 1.54) is 0 Å². The molecule has 4 nitrogen and oxygen atoms in total. The van der Waals surface area contributed by atoms with Crippen molar-refractivity contribution < 1.29 is 14.2 Å². The summed E-state index contributed by atoms with van der Waals surface area (Å²) in [6, 6.07) is 6.22. The van der Waals surface area contributed by atoms with Gasteiger partial charge in [-0.1, -0.05) is 11.6 Å². The quantitative estimate of drug-likeness (QED) is 0.927. The topological polar surface area (TPSA) is 39.7 Å². The van der Waals surface area contributed by atoms with Gasteiger partial charge in [0.2, 0.25) is 0 Å². The average molecular weight is 298 g/mol. The fraction of sp³-hybridized carbons (Fsp3) is 0.600. The summed E-state index contributed by atoms with van der Waals surface area (Å²) in [7, 11) is 1.63. The summed E-state index contributed by atoms with van der Waals surface area (Å²) in [6.07, 6.45) is 4.00. The minimum absolute atomic E-state index is 0.296. The van der Waals surface area contributed by atoms with Crippen LogP contribution in [0.4, 0.5) is 5.69 Å². The molecule has 1 saturated carbocycles. The van der Waals surface area contributed by atoms with Gasteiger partial charge in [0, 0.05) is 30.6 Å². The van der Waals surface area contributed by atoms with E-state index in [1.54, 1.807) is 7.11 Å². The van der Waals surface area contributed by atoms with Crippen LogP contribution in [-0.4, -0.2) is 32.2 Å². The van der Waals surface area contributed by atoms with Gasteiger partial charge in [-0.15, -0.1) is 0 Å². The van der Waals surface area contributed by atoms with Crippen LogP contribution in [0.25, 0.3) is 0 Å². The van der Waals surface area contributed by atoms with Crippen molar-refractivity contribution in [2.24, 2.45) is 0 Å². The molecule has 1 aromatic carbocycles. The third-order valence-electron chi connectivity index (χ3n) is 4.08. The SMILES string of the molecule is COc1cc(NC2CCC3(CC2)OCCO3)ccc1Cl. The highest BCUT2D eigenvalue weighted by Crippen LogP contribution is 2.37. The van der Waals surface area contributed by atoms with Crippen molar-refractivity contribution in [3.05, 3.63) is 23.2 Å². The van der Waals surface area contributed by atoms with Gasteiger partial charge in [0.05, 0.1) is 25.3 Å². The molecule has 0 atom stereocenters. The van der Waals surface area contributed by atoms with Crippen LogP contribution in [0.5, 0.6) is 5.75 Å². The molecule has 1 spiro atoms. The van der Waals surface area contributed by atoms with Crippen LogP contribution in [-0.2, 0) is 9.47 Å². The Morgan fingerprint density at radius 1 is 1.25 bits per heavy atom. The predicted octanol–water partition coefficient (Wildman–Crippen LogP) is 3.45. The highest BCUT2D eigenvalue weighted by atomic mass is 35.5. The minimum atomic E-state index is -0.296. The van der Waals surface area contributed by atoms with Crippen LogP contribution in [0.3, 0.4) is 0 Å². The van der Waals surface area contributed by atoms with E-state index in [9.17, 15) is 0 Å². The Hall–Kier alpha value is -0.970. The molecule has 1 aliphatic carbocycles. The lowest BCUT2D eigenvalue weighted by Gasteiger charge is -2.36. The smallest absolute Gasteiger partial charge is 0.168 e. The Balaban J connectivity index is 1.59. The number of rotatable bonds is 3. The Kier molecular flexibility index (Phi) is 4.06. The van der Waals surface area contributed by atoms with Gasteiger partial charge in [-0.25, -0.2) is 0 Å². The van der Waals surface area contributed by atoms with E-state index in [1.807, 2.05) is 18.2 Å². The number of halogens is 1. The van der Waals surface area contributed by atoms with Crippen LogP contribution >= 0.6 is 11.6 Å². The maximum atomic E-state index is 6.04. The summed E-state index contributed by atoms with van der Waals surface area (Å²) in [5, 5.41) is 4.17. The van der Waals surface area contributed by atoms with Crippen LogP contribution < -0.4 is 10.1 Å². The molecule has 0 radical (unpaired) electrons. The molecular weight excluding hydrogens is 278 g/mol. The van der Waals surface area contributed by atoms with Crippen LogP contribution in [0.1, 0.15) is 25.7 Å². The first-order valence-corrected chi connectivity index (χ1v) is 7.47. The second-order valence-corrected chi connectivity index (χ2v) is 5.78. The predicted molar refractivity (Wildman–Crippen MR) is 78.5 cm³/mol. The summed E-state index contributed by atoms with van der Waals surface area (Å²) < 4.78 is 16.7. The van der Waals surface area contributed by atoms with Gasteiger partial charge in [-0.05, 0) is 25.0 Å². The lowest BCUT2D eigenvalue weighted by molar-refractivity contribution is -0.177. The summed E-state index contributed by atoms with van der Waals surface area (Å²) in [6.45, 7) is 1.46. The minimum Gasteiger partial charge on any atom is -0.495 e. The zero-order valence-electron chi connectivity index (χ0n) is 11.7. The zero-order chi connectivity index (χ0) is 14.0. The van der Waals surface area contributed by atoms with Gasteiger partial charge in [-0.2, -0.15) is 0 Å². The molecule has 0 bridgehead atoms. The van der Waals surface area contributed by atoms with E-state index >= 15 is 0 Å². The number of ether oxygens (including phenoxy) is 3. The second kappa shape index (κ2) is 5.80. The molecule has 0 unspecified atom stereocenters. The van der Waals surface area contributed by atoms with Crippen LogP contribution in [0.2, 0.25) is 5.02 Å². The monoisotopic (exact) mass is 297 g/mol. The number of hydrogen-bond donors (Lipinski definition) is 1. The largest absolute Gasteiger partial charge is 0.495 e. The molecule has 20 heavy (non-hydrogen) atoms. The standard InChI is InChI=1S/C15H20ClNO3/c1-18-14-10-12(2-3-13(14)16)17-11-4-6-15(7-5-11)19-8-9-20-15/h2-3,10-11,17H,4-9H2,1H3. The molecule has 0 amide bonds. The molecule has 5 heteroatoms. The Labute approximate surface area is 124 Å². The van der Waals surface area contributed by atoms with Crippen molar-refractivity contribution in [3.8, 4) is 5.75 Å². The first-order chi connectivity index (χ1) is 9.71. The van der Waals surface area contributed by atoms with E-state index < -0.39 is 0 Å². The van der Waals surface area contributed by atoms with E-state index in [0.29, 0.717) is 16.8 Å². The third-order valence-corrected chi connectivity index (χ3v) is 4.40. The normalized spacial score (nSPS) is 22.1. The molecule has 1 aliphatic heterocycles. The molecule has 1 aromatic rings. The van der Waals surface area contributed by atoms with Gasteiger partial charge in [0.25, 0.3) is 0 Å². The zero-order valence-corrected chi connectivity index (χ0v) is 12.4. The number of hydrogen-bond acceptors (Lipinski definition) is 4. The first-order valence-electron chi connectivity index (χ1n) is 7.09. The molecular formula is C15H20ClNO3. The number of benzene rings is 1. The molecule has 2 fully saturated rings. The molecule has 1 saturated heterocycles. The van der Waals surface area contributed by atoms with Crippen molar-refractivity contribution >= 4 is 17.3 Å². The van der Waals surface area contributed by atoms with Crippen LogP contribution in [0.15, 0.2) is 18.2 Å². The maximum Gasteiger partial charge on any atom is 0.168 e. The van der Waals surface area contributed by atoms with Gasteiger partial charge in [0.1, 0.15) is 5.75 Å². The Morgan fingerprint density at radius 2 is 1.95 bits per heavy atom. The van der Waals surface area contributed by atoms with Crippen molar-refractivity contribution in [1.82, 2.24) is 0 Å². The fourth-order valence-electron chi connectivity index (χ4n) is 2.97. The van der Waals surface area contributed by atoms with Crippen molar-refractivity contribution in [1.29, 1.82) is 0 Å². The molecule has 0 aromatic heterocycles. The lowest BCUT2D eigenvalue weighted by Crippen LogP contribution is -2.39. The molecule has 1 heterocycles. The molecule has 2 aliphatic rings.